The fourth-order valence-electron chi connectivity index (χ4n) is 0.367. The van der Waals surface area contributed by atoms with Gasteiger partial charge in [0.05, 0.1) is 0 Å². The second kappa shape index (κ2) is 8.47. The molecule has 0 aliphatic heterocycles. The Labute approximate surface area is 80.7 Å². The van der Waals surface area contributed by atoms with Gasteiger partial charge >= 0.3 is 29.6 Å². The Balaban J connectivity index is 0. The van der Waals surface area contributed by atoms with Crippen molar-refractivity contribution < 1.29 is 42.2 Å². The van der Waals surface area contributed by atoms with Gasteiger partial charge in [-0.05, 0) is 12.8 Å². The molecule has 0 saturated heterocycles. The van der Waals surface area contributed by atoms with E-state index in [2.05, 4.69) is 0 Å². The minimum Gasteiger partial charge on any atom is -0.550 e. The zero-order valence-electron chi connectivity index (χ0n) is 7.94. The van der Waals surface area contributed by atoms with Gasteiger partial charge in [0.15, 0.2) is 0 Å². The molecule has 0 amide bonds. The predicted octanol–water partition coefficient (Wildman–Crippen LogP) is -2.68. The Morgan fingerprint density at radius 1 is 1.78 bits per heavy atom. The average Bonchev–Trinajstić information content (AvgIpc) is 1.85. The number of carbonyl (C=O) groups is 1. The summed E-state index contributed by atoms with van der Waals surface area (Å²) in [6.45, 7) is 1.69. The Morgan fingerprint density at radius 2 is 2.33 bits per heavy atom. The van der Waals surface area contributed by atoms with E-state index in [-0.39, 0.29) is 42.4 Å². The van der Waals surface area contributed by atoms with Gasteiger partial charge in [-0.15, -0.1) is 0 Å². The van der Waals surface area contributed by atoms with Crippen molar-refractivity contribution in [1.29, 1.82) is 0 Å². The number of carbonyl (C=O) groups excluding carboxylic acids is 1. The van der Waals surface area contributed by atoms with Gasteiger partial charge in [-0.2, -0.15) is 0 Å². The van der Waals surface area contributed by atoms with Gasteiger partial charge in [-0.1, -0.05) is 19.7 Å². The molecule has 0 bridgehead atoms. The fraction of sp³-hybridized carbons (Fsp3) is 0.833. The molecule has 0 aliphatic rings. The van der Waals surface area contributed by atoms with Crippen LogP contribution in [0.5, 0.6) is 0 Å². The summed E-state index contributed by atoms with van der Waals surface area (Å²) in [5, 5.41) is 9.88. The fourth-order valence-corrected chi connectivity index (χ4v) is 0.367. The van der Waals surface area contributed by atoms with E-state index in [0.29, 0.717) is 6.42 Å². The molecular weight excluding hydrogens is 127 g/mol. The van der Waals surface area contributed by atoms with Crippen LogP contribution in [-0.2, 0) is 4.79 Å². The molecule has 0 fully saturated rings. The van der Waals surface area contributed by atoms with Crippen LogP contribution >= 0.6 is 0 Å². The van der Waals surface area contributed by atoms with Gasteiger partial charge in [0.1, 0.15) is 0 Å². The summed E-state index contributed by atoms with van der Waals surface area (Å²) in [4.78, 5) is 9.88. The van der Waals surface area contributed by atoms with Crippen molar-refractivity contribution in [3.8, 4) is 0 Å². The molecule has 0 atom stereocenters. The minimum absolute atomic E-state index is 0. The molecule has 48 valence electrons. The zero-order chi connectivity index (χ0) is 8.20. The van der Waals surface area contributed by atoms with Crippen molar-refractivity contribution in [3.63, 3.8) is 0 Å². The van der Waals surface area contributed by atoms with Crippen molar-refractivity contribution in [2.24, 2.45) is 0 Å². The first kappa shape index (κ1) is 7.58. The monoisotopic (exact) mass is 140 g/mol. The van der Waals surface area contributed by atoms with E-state index in [4.69, 9.17) is 2.74 Å². The first-order valence-corrected chi connectivity index (χ1v) is 2.68. The first-order chi connectivity index (χ1) is 4.48. The maximum atomic E-state index is 9.88. The van der Waals surface area contributed by atoms with E-state index in [9.17, 15) is 9.90 Å². The topological polar surface area (TPSA) is 40.1 Å². The van der Waals surface area contributed by atoms with E-state index in [1.165, 1.54) is 0 Å². The summed E-state index contributed by atoms with van der Waals surface area (Å²) in [6, 6.07) is 0. The second-order valence-electron chi connectivity index (χ2n) is 1.48. The Bertz CT molecular complexity index is 128. The van der Waals surface area contributed by atoms with E-state index in [0.717, 1.165) is 0 Å². The summed E-state index contributed by atoms with van der Waals surface area (Å²) in [7, 11) is 0. The summed E-state index contributed by atoms with van der Waals surface area (Å²) >= 11 is 0. The largest absolute Gasteiger partial charge is 1.00 e. The molecule has 2 nitrogen and oxygen atoms in total. The van der Waals surface area contributed by atoms with Gasteiger partial charge in [0, 0.05) is 8.71 Å². The summed E-state index contributed by atoms with van der Waals surface area (Å²) < 4.78 is 14.3. The molecule has 0 aromatic heterocycles. The van der Waals surface area contributed by atoms with Gasteiger partial charge in [-0.3, -0.25) is 0 Å². The SMILES string of the molecule is [2H]C([2H])(CC)CCC(=O)[O-].[Na+]. The second-order valence-corrected chi connectivity index (χ2v) is 1.48. The molecule has 0 aromatic carbocycles. The van der Waals surface area contributed by atoms with Crippen LogP contribution in [0.4, 0.5) is 0 Å². The number of rotatable bonds is 4. The van der Waals surface area contributed by atoms with Crippen molar-refractivity contribution in [2.45, 2.75) is 32.6 Å². The number of hydrogen-bond acceptors (Lipinski definition) is 2. The maximum Gasteiger partial charge on any atom is 1.00 e. The van der Waals surface area contributed by atoms with Crippen LogP contribution in [0.2, 0.25) is 0 Å². The van der Waals surface area contributed by atoms with Gasteiger partial charge < -0.3 is 9.90 Å². The van der Waals surface area contributed by atoms with Crippen LogP contribution in [0.1, 0.15) is 35.3 Å². The molecular formula is C6H11NaO2. The molecule has 0 heterocycles. The zero-order valence-corrected chi connectivity index (χ0v) is 7.94. The molecule has 0 aliphatic carbocycles. The van der Waals surface area contributed by atoms with Crippen molar-refractivity contribution in [3.05, 3.63) is 0 Å². The molecule has 0 N–H and O–H groups in total. The Morgan fingerprint density at radius 3 is 2.67 bits per heavy atom. The number of carboxylic acid groups (broad SMARTS) is 1. The summed E-state index contributed by atoms with van der Waals surface area (Å²) in [6.07, 6.45) is -1.15. The number of hydrogen-bond donors (Lipinski definition) is 0. The summed E-state index contributed by atoms with van der Waals surface area (Å²) in [5.74, 6) is -1.18. The normalized spacial score (nSPS) is 13.0. The van der Waals surface area contributed by atoms with E-state index in [1.54, 1.807) is 6.92 Å². The van der Waals surface area contributed by atoms with E-state index in [1.807, 2.05) is 0 Å². The number of carboxylic acids is 1. The van der Waals surface area contributed by atoms with Crippen LogP contribution < -0.4 is 34.7 Å². The van der Waals surface area contributed by atoms with Crippen LogP contribution in [0.25, 0.3) is 0 Å². The third kappa shape index (κ3) is 11.8. The standard InChI is InChI=1S/C6H12O2.Na/c1-2-3-4-5-6(7)8;/h2-5H2,1H3,(H,7,8);/q;+1/p-1/i3D2;. The Kier molecular flexibility index (Phi) is 7.13. The van der Waals surface area contributed by atoms with Gasteiger partial charge in [-0.25, -0.2) is 0 Å². The van der Waals surface area contributed by atoms with Crippen LogP contribution in [0, 0.1) is 0 Å². The predicted molar refractivity (Wildman–Crippen MR) is 29.1 cm³/mol. The van der Waals surface area contributed by atoms with Gasteiger partial charge in [0.25, 0.3) is 0 Å². The molecule has 0 aromatic rings. The number of aliphatic carboxylic acids is 1. The van der Waals surface area contributed by atoms with E-state index >= 15 is 0 Å². The molecule has 0 saturated carbocycles. The molecule has 0 spiro atoms. The Hall–Kier alpha value is 0.470. The molecule has 0 rings (SSSR count). The molecule has 9 heavy (non-hydrogen) atoms. The molecule has 3 heteroatoms. The van der Waals surface area contributed by atoms with Gasteiger partial charge in [0.2, 0.25) is 0 Å². The molecule has 0 unspecified atom stereocenters. The van der Waals surface area contributed by atoms with Crippen molar-refractivity contribution >= 4 is 5.97 Å². The third-order valence-electron chi connectivity index (χ3n) is 0.756. The maximum absolute atomic E-state index is 9.88. The average molecular weight is 140 g/mol. The van der Waals surface area contributed by atoms with Crippen molar-refractivity contribution in [2.75, 3.05) is 0 Å². The summed E-state index contributed by atoms with van der Waals surface area (Å²) in [5.41, 5.74) is 0. The minimum atomic E-state index is -1.35. The van der Waals surface area contributed by atoms with Crippen LogP contribution in [0.15, 0.2) is 0 Å². The van der Waals surface area contributed by atoms with Crippen LogP contribution in [0.3, 0.4) is 0 Å². The van der Waals surface area contributed by atoms with Crippen molar-refractivity contribution in [1.82, 2.24) is 0 Å². The third-order valence-corrected chi connectivity index (χ3v) is 0.756. The quantitative estimate of drug-likeness (QED) is 0.399. The molecule has 0 radical (unpaired) electrons. The van der Waals surface area contributed by atoms with E-state index < -0.39 is 12.3 Å². The smallest absolute Gasteiger partial charge is 0.550 e. The first-order valence-electron chi connectivity index (χ1n) is 3.68. The van der Waals surface area contributed by atoms with Crippen LogP contribution in [-0.4, -0.2) is 5.97 Å².